The summed E-state index contributed by atoms with van der Waals surface area (Å²) in [5.74, 6) is -0.522. The molecule has 5 rings (SSSR count). The maximum Gasteiger partial charge on any atom is 0.274 e. The third kappa shape index (κ3) is 4.86. The molecule has 2 atom stereocenters. The molecule has 0 radical (unpaired) electrons. The molecule has 3 aromatic rings. The van der Waals surface area contributed by atoms with E-state index in [1.165, 1.54) is 4.90 Å². The lowest BCUT2D eigenvalue weighted by atomic mass is 9.94. The highest BCUT2D eigenvalue weighted by molar-refractivity contribution is 6.30. The summed E-state index contributed by atoms with van der Waals surface area (Å²) in [7, 11) is 0. The summed E-state index contributed by atoms with van der Waals surface area (Å²) in [5, 5.41) is 4.01. The summed E-state index contributed by atoms with van der Waals surface area (Å²) in [6.07, 6.45) is 4.04. The van der Waals surface area contributed by atoms with Crippen LogP contribution in [0.4, 0.5) is 5.69 Å². The Hall–Kier alpha value is -3.09. The predicted molar refractivity (Wildman–Crippen MR) is 137 cm³/mol. The number of carbonyl (C=O) groups excluding carboxylic acids is 2. The molecule has 1 aliphatic heterocycles. The molecule has 2 fully saturated rings. The second-order valence-corrected chi connectivity index (χ2v) is 10.2. The monoisotopic (exact) mass is 509 g/mol. The molecule has 0 unspecified atom stereocenters. The lowest BCUT2D eigenvalue weighted by Gasteiger charge is -2.20. The number of anilines is 1. The van der Waals surface area contributed by atoms with Gasteiger partial charge < -0.3 is 14.8 Å². The van der Waals surface area contributed by atoms with Crippen molar-refractivity contribution < 1.29 is 9.59 Å². The highest BCUT2D eigenvalue weighted by Gasteiger charge is 2.44. The molecule has 8 heteroatoms. The Morgan fingerprint density at radius 2 is 1.60 bits per heavy atom. The lowest BCUT2D eigenvalue weighted by Crippen LogP contribution is -2.44. The molecule has 2 heterocycles. The number of amides is 2. The second kappa shape index (κ2) is 9.51. The Morgan fingerprint density at radius 1 is 0.971 bits per heavy atom. The third-order valence-electron chi connectivity index (χ3n) is 6.77. The standard InChI is InChI=1S/C27H25Cl2N3O3/c1-16-12-13-31(14-17-2-3-17)27(35)24(16)32-15-22(18-4-8-20(28)9-5-18)23(26(32)34)30-25(33)19-6-10-21(29)11-7-19/h4-13,17,22-23H,2-3,14-15H2,1H3,(H,30,33)/t22-,23-/m0/s1. The number of hydrogen-bond donors (Lipinski definition) is 1. The number of pyridine rings is 1. The van der Waals surface area contributed by atoms with Crippen LogP contribution < -0.4 is 15.8 Å². The summed E-state index contributed by atoms with van der Waals surface area (Å²) in [5.41, 5.74) is 2.19. The van der Waals surface area contributed by atoms with Crippen LogP contribution in [0.2, 0.25) is 10.0 Å². The summed E-state index contributed by atoms with van der Waals surface area (Å²) >= 11 is 12.0. The molecule has 2 amide bonds. The Morgan fingerprint density at radius 3 is 2.23 bits per heavy atom. The molecule has 35 heavy (non-hydrogen) atoms. The van der Waals surface area contributed by atoms with Crippen LogP contribution in [-0.2, 0) is 11.3 Å². The Kier molecular flexibility index (Phi) is 6.43. The molecule has 1 aliphatic carbocycles. The van der Waals surface area contributed by atoms with Gasteiger partial charge in [0, 0.05) is 40.8 Å². The van der Waals surface area contributed by atoms with E-state index in [-0.39, 0.29) is 29.8 Å². The molecule has 6 nitrogen and oxygen atoms in total. The zero-order valence-electron chi connectivity index (χ0n) is 19.2. The van der Waals surface area contributed by atoms with Crippen molar-refractivity contribution >= 4 is 40.7 Å². The molecule has 2 aromatic carbocycles. The van der Waals surface area contributed by atoms with Crippen molar-refractivity contribution in [2.75, 3.05) is 11.4 Å². The molecule has 180 valence electrons. The van der Waals surface area contributed by atoms with E-state index in [0.29, 0.717) is 33.8 Å². The van der Waals surface area contributed by atoms with Gasteiger partial charge in [0.15, 0.2) is 0 Å². The SMILES string of the molecule is Cc1ccn(CC2CC2)c(=O)c1N1C[C@@H](c2ccc(Cl)cc2)[C@H](NC(=O)c2ccc(Cl)cc2)C1=O. The molecule has 1 N–H and O–H groups in total. The van der Waals surface area contributed by atoms with Crippen LogP contribution in [0.1, 0.15) is 40.2 Å². The molecular formula is C27H25Cl2N3O3. The van der Waals surface area contributed by atoms with Crippen molar-refractivity contribution in [3.05, 3.63) is 97.9 Å². The molecular weight excluding hydrogens is 485 g/mol. The first-order valence-corrected chi connectivity index (χ1v) is 12.4. The smallest absolute Gasteiger partial charge is 0.274 e. The van der Waals surface area contributed by atoms with Gasteiger partial charge in [-0.3, -0.25) is 14.4 Å². The molecule has 0 bridgehead atoms. The van der Waals surface area contributed by atoms with Crippen LogP contribution in [0.15, 0.2) is 65.6 Å². The van der Waals surface area contributed by atoms with Crippen LogP contribution in [0.25, 0.3) is 0 Å². The zero-order valence-corrected chi connectivity index (χ0v) is 20.7. The molecule has 1 aromatic heterocycles. The quantitative estimate of drug-likeness (QED) is 0.518. The van der Waals surface area contributed by atoms with Crippen LogP contribution in [0.5, 0.6) is 0 Å². The predicted octanol–water partition coefficient (Wildman–Crippen LogP) is 4.80. The van der Waals surface area contributed by atoms with Crippen LogP contribution in [-0.4, -0.2) is 29.0 Å². The average molecular weight is 510 g/mol. The van der Waals surface area contributed by atoms with Crippen molar-refractivity contribution in [3.63, 3.8) is 0 Å². The van der Waals surface area contributed by atoms with Gasteiger partial charge in [-0.15, -0.1) is 0 Å². The number of aromatic nitrogens is 1. The minimum Gasteiger partial charge on any atom is -0.340 e. The summed E-state index contributed by atoms with van der Waals surface area (Å²) < 4.78 is 1.70. The largest absolute Gasteiger partial charge is 0.340 e. The van der Waals surface area contributed by atoms with Crippen molar-refractivity contribution in [1.82, 2.24) is 9.88 Å². The highest BCUT2D eigenvalue weighted by Crippen LogP contribution is 2.34. The maximum atomic E-state index is 13.7. The molecule has 2 aliphatic rings. The summed E-state index contributed by atoms with van der Waals surface area (Å²) in [6.45, 7) is 2.77. The van der Waals surface area contributed by atoms with Crippen LogP contribution in [0.3, 0.4) is 0 Å². The van der Waals surface area contributed by atoms with Crippen LogP contribution >= 0.6 is 23.2 Å². The number of nitrogens with zero attached hydrogens (tertiary/aromatic N) is 2. The number of aryl methyl sites for hydroxylation is 1. The Labute approximate surface area is 213 Å². The number of hydrogen-bond acceptors (Lipinski definition) is 3. The Balaban J connectivity index is 1.50. The number of carbonyl (C=O) groups is 2. The fraction of sp³-hybridized carbons (Fsp3) is 0.296. The first kappa shape index (κ1) is 23.6. The topological polar surface area (TPSA) is 71.4 Å². The lowest BCUT2D eigenvalue weighted by molar-refractivity contribution is -0.118. The fourth-order valence-electron chi connectivity index (χ4n) is 4.63. The minimum absolute atomic E-state index is 0.176. The molecule has 0 spiro atoms. The maximum absolute atomic E-state index is 13.7. The van der Waals surface area contributed by atoms with E-state index in [4.69, 9.17) is 23.2 Å². The van der Waals surface area contributed by atoms with Gasteiger partial charge in [0.2, 0.25) is 5.91 Å². The number of rotatable bonds is 6. The number of nitrogens with one attached hydrogen (secondary N) is 1. The van der Waals surface area contributed by atoms with E-state index < -0.39 is 6.04 Å². The van der Waals surface area contributed by atoms with Gasteiger partial charge in [-0.25, -0.2) is 0 Å². The van der Waals surface area contributed by atoms with Crippen molar-refractivity contribution in [3.8, 4) is 0 Å². The van der Waals surface area contributed by atoms with Gasteiger partial charge in [-0.1, -0.05) is 35.3 Å². The van der Waals surface area contributed by atoms with Crippen molar-refractivity contribution in [2.45, 2.75) is 38.3 Å². The summed E-state index contributed by atoms with van der Waals surface area (Å²) in [4.78, 5) is 41.7. The van der Waals surface area contributed by atoms with Gasteiger partial charge in [-0.05, 0) is 79.3 Å². The number of benzene rings is 2. The minimum atomic E-state index is -0.838. The molecule has 1 saturated heterocycles. The highest BCUT2D eigenvalue weighted by atomic mass is 35.5. The summed E-state index contributed by atoms with van der Waals surface area (Å²) in [6, 6.07) is 14.8. The van der Waals surface area contributed by atoms with E-state index in [9.17, 15) is 14.4 Å². The van der Waals surface area contributed by atoms with E-state index in [1.807, 2.05) is 25.1 Å². The number of halogens is 2. The van der Waals surface area contributed by atoms with Gasteiger partial charge in [0.25, 0.3) is 11.5 Å². The first-order chi connectivity index (χ1) is 16.8. The van der Waals surface area contributed by atoms with Crippen molar-refractivity contribution in [1.29, 1.82) is 0 Å². The van der Waals surface area contributed by atoms with E-state index in [0.717, 1.165) is 24.0 Å². The van der Waals surface area contributed by atoms with E-state index in [2.05, 4.69) is 5.32 Å². The van der Waals surface area contributed by atoms with Gasteiger partial charge in [0.05, 0.1) is 0 Å². The average Bonchev–Trinajstić information content (AvgIpc) is 3.61. The third-order valence-corrected chi connectivity index (χ3v) is 7.27. The molecule has 1 saturated carbocycles. The van der Waals surface area contributed by atoms with Crippen LogP contribution in [0, 0.1) is 12.8 Å². The second-order valence-electron chi connectivity index (χ2n) is 9.31. The normalized spacial score (nSPS) is 19.7. The van der Waals surface area contributed by atoms with Crippen molar-refractivity contribution in [2.24, 2.45) is 5.92 Å². The fourth-order valence-corrected chi connectivity index (χ4v) is 4.89. The van der Waals surface area contributed by atoms with Gasteiger partial charge in [-0.2, -0.15) is 0 Å². The van der Waals surface area contributed by atoms with Gasteiger partial charge in [0.1, 0.15) is 11.7 Å². The Bertz CT molecular complexity index is 1330. The van der Waals surface area contributed by atoms with E-state index >= 15 is 0 Å². The van der Waals surface area contributed by atoms with Gasteiger partial charge >= 0.3 is 0 Å². The first-order valence-electron chi connectivity index (χ1n) is 11.6. The zero-order chi connectivity index (χ0) is 24.7. The van der Waals surface area contributed by atoms with E-state index in [1.54, 1.807) is 47.2 Å².